The van der Waals surface area contributed by atoms with Crippen LogP contribution in [0.4, 0.5) is 0 Å². The normalized spacial score (nSPS) is 18.3. The predicted molar refractivity (Wildman–Crippen MR) is 72.3 cm³/mol. The van der Waals surface area contributed by atoms with E-state index < -0.39 is 0 Å². The van der Waals surface area contributed by atoms with Crippen molar-refractivity contribution in [3.8, 4) is 0 Å². The molecule has 0 unspecified atom stereocenters. The molecule has 1 heterocycles. The minimum Gasteiger partial charge on any atom is -0.296 e. The van der Waals surface area contributed by atoms with Crippen molar-refractivity contribution in [1.29, 1.82) is 0 Å². The Morgan fingerprint density at radius 1 is 1.06 bits per heavy atom. The van der Waals surface area contributed by atoms with Gasteiger partial charge in [0.15, 0.2) is 0 Å². The van der Waals surface area contributed by atoms with Crippen molar-refractivity contribution >= 4 is 0 Å². The van der Waals surface area contributed by atoms with Gasteiger partial charge in [0.05, 0.1) is 0 Å². The number of hydrogen-bond donors (Lipinski definition) is 0. The summed E-state index contributed by atoms with van der Waals surface area (Å²) in [4.78, 5) is 2.49. The molecule has 1 aliphatic rings. The largest absolute Gasteiger partial charge is 0.296 e. The topological polar surface area (TPSA) is 17.3 Å². The van der Waals surface area contributed by atoms with Gasteiger partial charge in [0, 0.05) is 32.7 Å². The summed E-state index contributed by atoms with van der Waals surface area (Å²) in [5.74, 6) is 0. The first kappa shape index (κ1) is 12.6. The Bertz CT molecular complexity index is 342. The Morgan fingerprint density at radius 3 is 2.18 bits per heavy atom. The highest BCUT2D eigenvalue weighted by Crippen LogP contribution is 2.22. The summed E-state index contributed by atoms with van der Waals surface area (Å²) in [7, 11) is 0. The molecule has 17 heavy (non-hydrogen) atoms. The molecular weight excluding hydrogens is 208 g/mol. The molecule has 0 saturated carbocycles. The summed E-state index contributed by atoms with van der Waals surface area (Å²) in [6.45, 7) is 12.1. The van der Waals surface area contributed by atoms with E-state index in [1.165, 1.54) is 11.1 Å². The van der Waals surface area contributed by atoms with E-state index in [2.05, 4.69) is 55.3 Å². The Labute approximate surface area is 105 Å². The first-order chi connectivity index (χ1) is 8.05. The van der Waals surface area contributed by atoms with Crippen LogP contribution in [0.3, 0.4) is 0 Å². The summed E-state index contributed by atoms with van der Waals surface area (Å²) in [6, 6.07) is 9.08. The zero-order valence-corrected chi connectivity index (χ0v) is 11.2. The van der Waals surface area contributed by atoms with Crippen LogP contribution in [0, 0.1) is 0 Å². The van der Waals surface area contributed by atoms with E-state index in [0.717, 1.165) is 32.7 Å². The van der Waals surface area contributed by atoms with Crippen LogP contribution in [-0.2, 0) is 12.0 Å². The number of rotatable bonds is 2. The van der Waals surface area contributed by atoms with E-state index in [1.54, 1.807) is 0 Å². The lowest BCUT2D eigenvalue weighted by molar-refractivity contribution is 0.231. The van der Waals surface area contributed by atoms with E-state index in [0.29, 0.717) is 0 Å². The van der Waals surface area contributed by atoms with Gasteiger partial charge >= 0.3 is 0 Å². The fourth-order valence-corrected chi connectivity index (χ4v) is 2.17. The first-order valence-electron chi connectivity index (χ1n) is 6.51. The van der Waals surface area contributed by atoms with Crippen LogP contribution in [0.1, 0.15) is 31.9 Å². The Kier molecular flexibility index (Phi) is 3.85. The lowest BCUT2D eigenvalue weighted by Crippen LogP contribution is -2.39. The fraction of sp³-hybridized carbons (Fsp3) is 0.600. The molecule has 1 aromatic carbocycles. The summed E-state index contributed by atoms with van der Waals surface area (Å²) in [5, 5.41) is 4.37. The SMILES string of the molecule is CC(C)(C)c1ccc(CN2CC[N]CC2)cc1. The van der Waals surface area contributed by atoms with Crippen molar-refractivity contribution in [3.05, 3.63) is 35.4 Å². The Hall–Kier alpha value is -0.860. The monoisotopic (exact) mass is 231 g/mol. The molecular formula is C15H23N2. The first-order valence-corrected chi connectivity index (χ1v) is 6.51. The van der Waals surface area contributed by atoms with Gasteiger partial charge in [0.1, 0.15) is 0 Å². The van der Waals surface area contributed by atoms with Gasteiger partial charge in [-0.05, 0) is 16.5 Å². The molecule has 2 nitrogen and oxygen atoms in total. The quantitative estimate of drug-likeness (QED) is 0.764. The molecule has 2 rings (SSSR count). The number of piperazine rings is 1. The third-order valence-corrected chi connectivity index (χ3v) is 3.37. The summed E-state index contributed by atoms with van der Waals surface area (Å²) in [6.07, 6.45) is 0. The number of hydrogen-bond acceptors (Lipinski definition) is 1. The van der Waals surface area contributed by atoms with Gasteiger partial charge < -0.3 is 0 Å². The molecule has 1 saturated heterocycles. The molecule has 0 bridgehead atoms. The second kappa shape index (κ2) is 5.19. The average molecular weight is 231 g/mol. The molecule has 1 aromatic rings. The highest BCUT2D eigenvalue weighted by molar-refractivity contribution is 5.27. The molecule has 0 atom stereocenters. The Balaban J connectivity index is 1.98. The fourth-order valence-electron chi connectivity index (χ4n) is 2.17. The summed E-state index contributed by atoms with van der Waals surface area (Å²) in [5.41, 5.74) is 3.08. The highest BCUT2D eigenvalue weighted by atomic mass is 15.2. The molecule has 0 aromatic heterocycles. The molecule has 0 amide bonds. The van der Waals surface area contributed by atoms with Gasteiger partial charge in [-0.25, -0.2) is 5.32 Å². The lowest BCUT2D eigenvalue weighted by Gasteiger charge is -2.26. The summed E-state index contributed by atoms with van der Waals surface area (Å²) >= 11 is 0. The van der Waals surface area contributed by atoms with Crippen LogP contribution in [-0.4, -0.2) is 31.1 Å². The van der Waals surface area contributed by atoms with Crippen molar-refractivity contribution in [2.75, 3.05) is 26.2 Å². The standard InChI is InChI=1S/C15H23N2/c1-15(2,3)14-6-4-13(5-7-14)12-17-10-8-16-9-11-17/h4-7H,8-12H2,1-3H3. The van der Waals surface area contributed by atoms with Gasteiger partial charge in [-0.1, -0.05) is 45.0 Å². The van der Waals surface area contributed by atoms with Gasteiger partial charge in [0.25, 0.3) is 0 Å². The van der Waals surface area contributed by atoms with Gasteiger partial charge in [-0.15, -0.1) is 0 Å². The van der Waals surface area contributed by atoms with Gasteiger partial charge in [-0.2, -0.15) is 0 Å². The second-order valence-electron chi connectivity index (χ2n) is 5.89. The summed E-state index contributed by atoms with van der Waals surface area (Å²) < 4.78 is 0. The predicted octanol–water partition coefficient (Wildman–Crippen LogP) is 2.40. The molecule has 0 spiro atoms. The van der Waals surface area contributed by atoms with E-state index in [9.17, 15) is 0 Å². The van der Waals surface area contributed by atoms with E-state index >= 15 is 0 Å². The van der Waals surface area contributed by atoms with Crippen molar-refractivity contribution in [1.82, 2.24) is 10.2 Å². The van der Waals surface area contributed by atoms with Crippen molar-refractivity contribution in [2.45, 2.75) is 32.7 Å². The van der Waals surface area contributed by atoms with Crippen molar-refractivity contribution < 1.29 is 0 Å². The van der Waals surface area contributed by atoms with Gasteiger partial charge in [-0.3, -0.25) is 4.90 Å². The molecule has 93 valence electrons. The minimum atomic E-state index is 0.253. The zero-order chi connectivity index (χ0) is 12.3. The van der Waals surface area contributed by atoms with Crippen LogP contribution >= 0.6 is 0 Å². The molecule has 1 radical (unpaired) electrons. The third kappa shape index (κ3) is 3.55. The molecule has 2 heteroatoms. The maximum atomic E-state index is 4.37. The third-order valence-electron chi connectivity index (χ3n) is 3.37. The minimum absolute atomic E-state index is 0.253. The number of nitrogens with zero attached hydrogens (tertiary/aromatic N) is 2. The van der Waals surface area contributed by atoms with Crippen LogP contribution in [0.2, 0.25) is 0 Å². The van der Waals surface area contributed by atoms with Crippen molar-refractivity contribution in [2.24, 2.45) is 0 Å². The Morgan fingerprint density at radius 2 is 1.65 bits per heavy atom. The van der Waals surface area contributed by atoms with E-state index in [4.69, 9.17) is 0 Å². The van der Waals surface area contributed by atoms with E-state index in [-0.39, 0.29) is 5.41 Å². The maximum Gasteiger partial charge on any atom is 0.0261 e. The van der Waals surface area contributed by atoms with Crippen molar-refractivity contribution in [3.63, 3.8) is 0 Å². The molecule has 1 aliphatic heterocycles. The average Bonchev–Trinajstić information content (AvgIpc) is 2.30. The maximum absolute atomic E-state index is 4.37. The van der Waals surface area contributed by atoms with Crippen LogP contribution < -0.4 is 5.32 Å². The zero-order valence-electron chi connectivity index (χ0n) is 11.2. The lowest BCUT2D eigenvalue weighted by atomic mass is 9.87. The smallest absolute Gasteiger partial charge is 0.0261 e. The van der Waals surface area contributed by atoms with Crippen LogP contribution in [0.25, 0.3) is 0 Å². The molecule has 1 fully saturated rings. The molecule has 0 aliphatic carbocycles. The molecule has 0 N–H and O–H groups in total. The van der Waals surface area contributed by atoms with E-state index in [1.807, 2.05) is 0 Å². The second-order valence-corrected chi connectivity index (χ2v) is 5.89. The van der Waals surface area contributed by atoms with Crippen LogP contribution in [0.15, 0.2) is 24.3 Å². The van der Waals surface area contributed by atoms with Gasteiger partial charge in [0.2, 0.25) is 0 Å². The highest BCUT2D eigenvalue weighted by Gasteiger charge is 2.14. The van der Waals surface area contributed by atoms with Crippen LogP contribution in [0.5, 0.6) is 0 Å². The number of benzene rings is 1.